The number of rotatable bonds is 18. The van der Waals surface area contributed by atoms with Crippen molar-refractivity contribution in [2.75, 3.05) is 6.61 Å². The highest BCUT2D eigenvalue weighted by atomic mass is 32.2. The van der Waals surface area contributed by atoms with Crippen LogP contribution in [0.3, 0.4) is 0 Å². The van der Waals surface area contributed by atoms with Gasteiger partial charge < -0.3 is 4.74 Å². The Kier molecular flexibility index (Phi) is 13.0. The normalized spacial score (nSPS) is 11.5. The summed E-state index contributed by atoms with van der Waals surface area (Å²) in [6, 6.07) is 11.7. The maximum atomic E-state index is 12.6. The predicted octanol–water partition coefficient (Wildman–Crippen LogP) is 8.52. The summed E-state index contributed by atoms with van der Waals surface area (Å²) < 4.78 is 31.0. The lowest BCUT2D eigenvalue weighted by Crippen LogP contribution is -2.02. The van der Waals surface area contributed by atoms with Crippen LogP contribution in [0, 0.1) is 0 Å². The lowest BCUT2D eigenvalue weighted by atomic mass is 10.0. The van der Waals surface area contributed by atoms with Gasteiger partial charge >= 0.3 is 0 Å². The highest BCUT2D eigenvalue weighted by Crippen LogP contribution is 2.25. The lowest BCUT2D eigenvalue weighted by molar-refractivity contribution is 0.304. The topological polar surface area (TPSA) is 63.3 Å². The van der Waals surface area contributed by atoms with Crippen LogP contribution in [0.4, 0.5) is 0 Å². The van der Waals surface area contributed by atoms with Crippen LogP contribution in [0.25, 0.3) is 0 Å². The standard InChI is InChI=1S/C28H41O4S/c1-2-3-4-5-6-7-8-9-10-11-12-13-14-15-24-32-26-18-22-28(23-19-26)33(30,31)27-20-16-25(29)17-21-27/h16-23H,2-15,24H2,1H3. The fourth-order valence-electron chi connectivity index (χ4n) is 3.96. The molecule has 33 heavy (non-hydrogen) atoms. The maximum absolute atomic E-state index is 12.6. The van der Waals surface area contributed by atoms with Crippen molar-refractivity contribution in [2.24, 2.45) is 0 Å². The van der Waals surface area contributed by atoms with Crippen LogP contribution >= 0.6 is 0 Å². The Morgan fingerprint density at radius 1 is 0.576 bits per heavy atom. The van der Waals surface area contributed by atoms with Gasteiger partial charge in [-0.3, -0.25) is 5.11 Å². The first-order chi connectivity index (χ1) is 16.0. The van der Waals surface area contributed by atoms with Crippen LogP contribution in [0.15, 0.2) is 58.3 Å². The molecule has 4 nitrogen and oxygen atoms in total. The summed E-state index contributed by atoms with van der Waals surface area (Å²) in [5, 5.41) is 11.2. The van der Waals surface area contributed by atoms with E-state index in [2.05, 4.69) is 6.92 Å². The van der Waals surface area contributed by atoms with E-state index in [-0.39, 0.29) is 15.5 Å². The molecule has 1 radical (unpaired) electrons. The van der Waals surface area contributed by atoms with Crippen molar-refractivity contribution in [3.8, 4) is 11.5 Å². The quantitative estimate of drug-likeness (QED) is 0.204. The van der Waals surface area contributed by atoms with Gasteiger partial charge in [-0.15, -0.1) is 0 Å². The van der Waals surface area contributed by atoms with Gasteiger partial charge in [-0.25, -0.2) is 8.42 Å². The molecule has 0 saturated heterocycles. The third-order valence-electron chi connectivity index (χ3n) is 6.03. The Bertz CT molecular complexity index is 858. The molecule has 0 N–H and O–H groups in total. The van der Waals surface area contributed by atoms with Crippen molar-refractivity contribution in [1.82, 2.24) is 0 Å². The van der Waals surface area contributed by atoms with E-state index in [1.807, 2.05) is 0 Å². The average molecular weight is 474 g/mol. The predicted molar refractivity (Wildman–Crippen MR) is 134 cm³/mol. The second-order valence-corrected chi connectivity index (χ2v) is 10.8. The van der Waals surface area contributed by atoms with Gasteiger partial charge in [0.15, 0.2) is 5.75 Å². The molecule has 0 aliphatic rings. The molecule has 0 aromatic heterocycles. The molecule has 0 fully saturated rings. The highest BCUT2D eigenvalue weighted by Gasteiger charge is 2.17. The van der Waals surface area contributed by atoms with Crippen molar-refractivity contribution < 1.29 is 18.3 Å². The fraction of sp³-hybridized carbons (Fsp3) is 0.571. The molecule has 2 aromatic carbocycles. The molecule has 0 heterocycles. The zero-order valence-corrected chi connectivity index (χ0v) is 21.1. The van der Waals surface area contributed by atoms with Gasteiger partial charge in [0.05, 0.1) is 16.4 Å². The van der Waals surface area contributed by atoms with Gasteiger partial charge in [-0.1, -0.05) is 90.4 Å². The minimum Gasteiger partial charge on any atom is -0.494 e. The average Bonchev–Trinajstić information content (AvgIpc) is 2.82. The number of benzene rings is 2. The molecule has 0 atom stereocenters. The van der Waals surface area contributed by atoms with Crippen molar-refractivity contribution in [3.05, 3.63) is 48.5 Å². The van der Waals surface area contributed by atoms with E-state index in [4.69, 9.17) is 4.74 Å². The first-order valence-electron chi connectivity index (χ1n) is 12.8. The van der Waals surface area contributed by atoms with Gasteiger partial charge in [0.2, 0.25) is 9.84 Å². The van der Waals surface area contributed by atoms with Crippen LogP contribution in [0.1, 0.15) is 96.8 Å². The molecule has 0 aliphatic heterocycles. The third-order valence-corrected chi connectivity index (χ3v) is 7.82. The number of sulfone groups is 1. The molecule has 183 valence electrons. The summed E-state index contributed by atoms with van der Waals surface area (Å²) in [4.78, 5) is 0.322. The zero-order chi connectivity index (χ0) is 23.8. The van der Waals surface area contributed by atoms with E-state index in [1.165, 1.54) is 108 Å². The Hall–Kier alpha value is -2.01. The minimum absolute atomic E-state index is 0.123. The summed E-state index contributed by atoms with van der Waals surface area (Å²) in [5.74, 6) is 0.472. The lowest BCUT2D eigenvalue weighted by Gasteiger charge is -2.08. The fourth-order valence-corrected chi connectivity index (χ4v) is 5.22. The van der Waals surface area contributed by atoms with Crippen molar-refractivity contribution in [1.29, 1.82) is 0 Å². The first-order valence-corrected chi connectivity index (χ1v) is 14.3. The molecule has 0 spiro atoms. The molecular weight excluding hydrogens is 432 g/mol. The van der Waals surface area contributed by atoms with E-state index in [0.29, 0.717) is 12.4 Å². The van der Waals surface area contributed by atoms with E-state index in [1.54, 1.807) is 24.3 Å². The Morgan fingerprint density at radius 2 is 0.970 bits per heavy atom. The molecule has 0 amide bonds. The molecular formula is C28H41O4S. The van der Waals surface area contributed by atoms with Crippen LogP contribution in [-0.2, 0) is 14.9 Å². The van der Waals surface area contributed by atoms with E-state index in [9.17, 15) is 13.5 Å². The number of hydrogen-bond donors (Lipinski definition) is 0. The highest BCUT2D eigenvalue weighted by molar-refractivity contribution is 7.91. The van der Waals surface area contributed by atoms with Crippen molar-refractivity contribution >= 4 is 9.84 Å². The molecule has 2 aromatic rings. The minimum atomic E-state index is -3.62. The first kappa shape index (κ1) is 27.2. The molecule has 0 saturated carbocycles. The van der Waals surface area contributed by atoms with Crippen LogP contribution in [-0.4, -0.2) is 15.0 Å². The van der Waals surface area contributed by atoms with E-state index >= 15 is 0 Å². The van der Waals surface area contributed by atoms with Crippen molar-refractivity contribution in [3.63, 3.8) is 0 Å². The number of ether oxygens (including phenoxy) is 1. The molecule has 0 bridgehead atoms. The van der Waals surface area contributed by atoms with Crippen LogP contribution in [0.5, 0.6) is 11.5 Å². The summed E-state index contributed by atoms with van der Waals surface area (Å²) >= 11 is 0. The summed E-state index contributed by atoms with van der Waals surface area (Å²) in [6.45, 7) is 2.91. The van der Waals surface area contributed by atoms with Gasteiger partial charge in [-0.2, -0.15) is 0 Å². The molecule has 5 heteroatoms. The smallest absolute Gasteiger partial charge is 0.206 e. The third kappa shape index (κ3) is 10.6. The Balaban J connectivity index is 1.51. The maximum Gasteiger partial charge on any atom is 0.206 e. The Morgan fingerprint density at radius 3 is 1.42 bits per heavy atom. The van der Waals surface area contributed by atoms with Gasteiger partial charge in [0.25, 0.3) is 0 Å². The van der Waals surface area contributed by atoms with Crippen LogP contribution in [0.2, 0.25) is 0 Å². The summed E-state index contributed by atoms with van der Waals surface area (Å²) in [6.07, 6.45) is 18.6. The van der Waals surface area contributed by atoms with Crippen LogP contribution < -0.4 is 4.74 Å². The number of hydrogen-bond acceptors (Lipinski definition) is 3. The number of unbranched alkanes of at least 4 members (excludes halogenated alkanes) is 13. The van der Waals surface area contributed by atoms with Gasteiger partial charge in [0.1, 0.15) is 5.75 Å². The summed E-state index contributed by atoms with van der Waals surface area (Å²) in [7, 11) is -3.62. The zero-order valence-electron chi connectivity index (χ0n) is 20.3. The van der Waals surface area contributed by atoms with E-state index in [0.717, 1.165) is 6.42 Å². The van der Waals surface area contributed by atoms with Gasteiger partial charge in [-0.05, 0) is 55.0 Å². The van der Waals surface area contributed by atoms with Crippen molar-refractivity contribution in [2.45, 2.75) is 107 Å². The Labute approximate surface area is 201 Å². The monoisotopic (exact) mass is 473 g/mol. The second kappa shape index (κ2) is 15.8. The largest absolute Gasteiger partial charge is 0.494 e. The van der Waals surface area contributed by atoms with Gasteiger partial charge in [0, 0.05) is 0 Å². The SMILES string of the molecule is CCCCCCCCCCCCCCCCOc1ccc(S(=O)(=O)c2ccc([O])cc2)cc1. The molecule has 2 rings (SSSR count). The molecule has 0 aliphatic carbocycles. The molecule has 0 unspecified atom stereocenters. The second-order valence-electron chi connectivity index (χ2n) is 8.89. The van der Waals surface area contributed by atoms with E-state index < -0.39 is 9.84 Å². The summed E-state index contributed by atoms with van der Waals surface area (Å²) in [5.41, 5.74) is 0.